The van der Waals surface area contributed by atoms with Crippen LogP contribution in [0.25, 0.3) is 0 Å². The van der Waals surface area contributed by atoms with Crippen molar-refractivity contribution in [2.45, 2.75) is 38.6 Å². The summed E-state index contributed by atoms with van der Waals surface area (Å²) in [5.74, 6) is 1.71. The van der Waals surface area contributed by atoms with Crippen LogP contribution in [0, 0.1) is 5.92 Å². The quantitative estimate of drug-likeness (QED) is 0.324. The lowest BCUT2D eigenvalue weighted by Crippen LogP contribution is -2.47. The van der Waals surface area contributed by atoms with Gasteiger partial charge in [0.1, 0.15) is 6.54 Å². The predicted octanol–water partition coefficient (Wildman–Crippen LogP) is 2.46. The normalized spacial score (nSPS) is 22.8. The molecule has 0 saturated carbocycles. The van der Waals surface area contributed by atoms with E-state index in [0.29, 0.717) is 12.0 Å². The summed E-state index contributed by atoms with van der Waals surface area (Å²) in [6.45, 7) is 10.5. The number of nitrogens with one attached hydrogen (secondary N) is 1. The monoisotopic (exact) mass is 569 g/mol. The molecule has 0 radical (unpaired) electrons. The fourth-order valence-corrected chi connectivity index (χ4v) is 5.18. The summed E-state index contributed by atoms with van der Waals surface area (Å²) in [7, 11) is 0. The number of ether oxygens (including phenoxy) is 1. The Balaban J connectivity index is 0.00000306. The van der Waals surface area contributed by atoms with Crippen molar-refractivity contribution in [3.05, 3.63) is 35.9 Å². The summed E-state index contributed by atoms with van der Waals surface area (Å²) >= 11 is 0. The molecule has 4 rings (SSSR count). The van der Waals surface area contributed by atoms with Gasteiger partial charge in [-0.25, -0.2) is 4.99 Å². The Morgan fingerprint density at radius 3 is 2.42 bits per heavy atom. The molecule has 3 aliphatic heterocycles. The largest absolute Gasteiger partial charge is 0.379 e. The van der Waals surface area contributed by atoms with Gasteiger partial charge in [-0.2, -0.15) is 0 Å². The molecule has 1 aromatic carbocycles. The maximum atomic E-state index is 12.8. The molecule has 0 aliphatic carbocycles. The van der Waals surface area contributed by atoms with Gasteiger partial charge >= 0.3 is 0 Å². The van der Waals surface area contributed by atoms with E-state index in [1.807, 2.05) is 4.90 Å². The van der Waals surface area contributed by atoms with Crippen molar-refractivity contribution in [3.8, 4) is 0 Å². The van der Waals surface area contributed by atoms with Crippen LogP contribution in [0.2, 0.25) is 0 Å². The summed E-state index contributed by atoms with van der Waals surface area (Å²) in [4.78, 5) is 24.5. The number of carbonyl (C=O) groups is 1. The highest BCUT2D eigenvalue weighted by atomic mass is 127. The van der Waals surface area contributed by atoms with E-state index >= 15 is 0 Å². The fraction of sp³-hybridized carbons (Fsp3) is 0.680. The molecular formula is C25H40IN5O2. The number of piperidine rings is 1. The maximum Gasteiger partial charge on any atom is 0.244 e. The predicted molar refractivity (Wildman–Crippen MR) is 143 cm³/mol. The standard InChI is InChI=1S/C25H39N5O2.HI/c1-2-26-25(30-13-10-23(20-30)28-14-16-32-17-15-28)27-19-24(31)29-11-8-22(9-12-29)18-21-6-4-3-5-7-21;/h3-7,22-23H,2,8-20H2,1H3,(H,26,27);1H. The van der Waals surface area contributed by atoms with Crippen molar-refractivity contribution in [2.24, 2.45) is 10.9 Å². The molecule has 1 atom stereocenters. The maximum absolute atomic E-state index is 12.8. The van der Waals surface area contributed by atoms with Gasteiger partial charge in [-0.3, -0.25) is 9.69 Å². The number of guanidine groups is 1. The number of benzene rings is 1. The van der Waals surface area contributed by atoms with Gasteiger partial charge in [0.25, 0.3) is 0 Å². The highest BCUT2D eigenvalue weighted by molar-refractivity contribution is 14.0. The van der Waals surface area contributed by atoms with Gasteiger partial charge < -0.3 is 19.9 Å². The molecular weight excluding hydrogens is 529 g/mol. The van der Waals surface area contributed by atoms with Crippen molar-refractivity contribution in [3.63, 3.8) is 0 Å². The highest BCUT2D eigenvalue weighted by Crippen LogP contribution is 2.22. The smallest absolute Gasteiger partial charge is 0.244 e. The number of amides is 1. The lowest BCUT2D eigenvalue weighted by Gasteiger charge is -2.32. The van der Waals surface area contributed by atoms with Crippen molar-refractivity contribution in [1.82, 2.24) is 20.0 Å². The van der Waals surface area contributed by atoms with E-state index in [9.17, 15) is 4.79 Å². The molecule has 33 heavy (non-hydrogen) atoms. The first-order chi connectivity index (χ1) is 15.7. The fourth-order valence-electron chi connectivity index (χ4n) is 5.18. The van der Waals surface area contributed by atoms with Crippen LogP contribution in [0.5, 0.6) is 0 Å². The molecule has 1 unspecified atom stereocenters. The van der Waals surface area contributed by atoms with Gasteiger partial charge in [-0.1, -0.05) is 30.3 Å². The molecule has 0 aromatic heterocycles. The molecule has 3 fully saturated rings. The molecule has 1 aromatic rings. The number of hydrogen-bond donors (Lipinski definition) is 1. The van der Waals surface area contributed by atoms with Crippen molar-refractivity contribution in [1.29, 1.82) is 0 Å². The number of hydrogen-bond acceptors (Lipinski definition) is 4. The molecule has 3 heterocycles. The highest BCUT2D eigenvalue weighted by Gasteiger charge is 2.30. The summed E-state index contributed by atoms with van der Waals surface area (Å²) in [5, 5.41) is 3.40. The molecule has 8 heteroatoms. The minimum atomic E-state index is 0. The topological polar surface area (TPSA) is 60.4 Å². The summed E-state index contributed by atoms with van der Waals surface area (Å²) in [5.41, 5.74) is 1.40. The number of aliphatic imine (C=N–C) groups is 1. The first-order valence-electron chi connectivity index (χ1n) is 12.4. The molecule has 1 amide bonds. The zero-order chi connectivity index (χ0) is 22.2. The zero-order valence-electron chi connectivity index (χ0n) is 20.0. The van der Waals surface area contributed by atoms with Crippen molar-refractivity contribution >= 4 is 35.8 Å². The second kappa shape index (κ2) is 13.5. The molecule has 184 valence electrons. The van der Waals surface area contributed by atoms with Crippen LogP contribution in [0.4, 0.5) is 0 Å². The molecule has 1 N–H and O–H groups in total. The van der Waals surface area contributed by atoms with Crippen LogP contribution in [-0.2, 0) is 16.0 Å². The number of rotatable bonds is 6. The van der Waals surface area contributed by atoms with E-state index in [0.717, 1.165) is 90.7 Å². The number of halogens is 1. The third-order valence-electron chi connectivity index (χ3n) is 7.06. The van der Waals surface area contributed by atoms with Crippen LogP contribution in [0.1, 0.15) is 31.7 Å². The van der Waals surface area contributed by atoms with Gasteiger partial charge in [0, 0.05) is 51.9 Å². The Hall–Kier alpha value is -1.39. The molecule has 3 aliphatic rings. The Labute approximate surface area is 215 Å². The van der Waals surface area contributed by atoms with E-state index in [4.69, 9.17) is 9.73 Å². The first kappa shape index (κ1) is 26.2. The van der Waals surface area contributed by atoms with E-state index < -0.39 is 0 Å². The molecule has 0 bridgehead atoms. The van der Waals surface area contributed by atoms with Crippen molar-refractivity contribution < 1.29 is 9.53 Å². The molecule has 0 spiro atoms. The van der Waals surface area contributed by atoms with E-state index in [2.05, 4.69) is 52.4 Å². The summed E-state index contributed by atoms with van der Waals surface area (Å²) < 4.78 is 5.50. The van der Waals surface area contributed by atoms with Gasteiger partial charge in [0.05, 0.1) is 13.2 Å². The van der Waals surface area contributed by atoms with E-state index in [1.54, 1.807) is 0 Å². The SMILES string of the molecule is CCNC(=NCC(=O)N1CCC(Cc2ccccc2)CC1)N1CCC(N2CCOCC2)C1.I. The third-order valence-corrected chi connectivity index (χ3v) is 7.06. The second-order valence-corrected chi connectivity index (χ2v) is 9.22. The first-order valence-corrected chi connectivity index (χ1v) is 12.4. The number of carbonyl (C=O) groups excluding carboxylic acids is 1. The van der Waals surface area contributed by atoms with Gasteiger partial charge in [-0.15, -0.1) is 24.0 Å². The van der Waals surface area contributed by atoms with Gasteiger partial charge in [-0.05, 0) is 44.1 Å². The number of nitrogens with zero attached hydrogens (tertiary/aromatic N) is 4. The van der Waals surface area contributed by atoms with Crippen molar-refractivity contribution in [2.75, 3.05) is 65.6 Å². The van der Waals surface area contributed by atoms with Crippen LogP contribution >= 0.6 is 24.0 Å². The average Bonchev–Trinajstić information content (AvgIpc) is 3.33. The Bertz CT molecular complexity index is 748. The Morgan fingerprint density at radius 1 is 1.03 bits per heavy atom. The van der Waals surface area contributed by atoms with Gasteiger partial charge in [0.15, 0.2) is 5.96 Å². The van der Waals surface area contributed by atoms with E-state index in [1.165, 1.54) is 5.56 Å². The minimum Gasteiger partial charge on any atom is -0.379 e. The lowest BCUT2D eigenvalue weighted by atomic mass is 9.90. The van der Waals surface area contributed by atoms with Crippen LogP contribution < -0.4 is 5.32 Å². The minimum absolute atomic E-state index is 0. The average molecular weight is 570 g/mol. The van der Waals surface area contributed by atoms with E-state index in [-0.39, 0.29) is 36.4 Å². The summed E-state index contributed by atoms with van der Waals surface area (Å²) in [6, 6.07) is 11.3. The van der Waals surface area contributed by atoms with Gasteiger partial charge in [0.2, 0.25) is 5.91 Å². The number of likely N-dealkylation sites (tertiary alicyclic amines) is 2. The lowest BCUT2D eigenvalue weighted by molar-refractivity contribution is -0.131. The third kappa shape index (κ3) is 7.55. The number of morpholine rings is 1. The van der Waals surface area contributed by atoms with Crippen LogP contribution in [0.3, 0.4) is 0 Å². The second-order valence-electron chi connectivity index (χ2n) is 9.22. The Morgan fingerprint density at radius 2 is 1.73 bits per heavy atom. The summed E-state index contributed by atoms with van der Waals surface area (Å²) in [6.07, 6.45) is 4.42. The molecule has 3 saturated heterocycles. The van der Waals surface area contributed by atoms with Crippen LogP contribution in [0.15, 0.2) is 35.3 Å². The molecule has 7 nitrogen and oxygen atoms in total. The van der Waals surface area contributed by atoms with Crippen LogP contribution in [-0.4, -0.2) is 98.2 Å². The zero-order valence-corrected chi connectivity index (χ0v) is 22.3. The Kier molecular flexibility index (Phi) is 10.7.